The van der Waals surface area contributed by atoms with Crippen molar-refractivity contribution >= 4 is 66.9 Å². The van der Waals surface area contributed by atoms with Gasteiger partial charge in [0.15, 0.2) is 0 Å². The maximum atomic E-state index is 14.4. The summed E-state index contributed by atoms with van der Waals surface area (Å²) in [5.74, 6) is -2.96. The summed E-state index contributed by atoms with van der Waals surface area (Å²) in [5.41, 5.74) is 2.57. The fourth-order valence-corrected chi connectivity index (χ4v) is 8.01. The predicted molar refractivity (Wildman–Crippen MR) is 170 cm³/mol. The molecule has 4 saturated heterocycles. The number of fused-ring (bicyclic) bond motifs is 5. The molecule has 0 unspecified atom stereocenters. The third-order valence-corrected chi connectivity index (χ3v) is 10.2. The van der Waals surface area contributed by atoms with Crippen LogP contribution in [0.3, 0.4) is 0 Å². The molecule has 4 heterocycles. The van der Waals surface area contributed by atoms with Crippen LogP contribution in [-0.2, 0) is 19.2 Å². The Balaban J connectivity index is 1.34. The minimum atomic E-state index is -0.902. The van der Waals surface area contributed by atoms with E-state index < -0.39 is 36.0 Å². The van der Waals surface area contributed by atoms with Gasteiger partial charge in [0.05, 0.1) is 35.3 Å². The van der Waals surface area contributed by atoms with Gasteiger partial charge in [-0.25, -0.2) is 19.8 Å². The molecule has 8 nitrogen and oxygen atoms in total. The standard InChI is InChI=1S/C34H24Br2N4O4/c35-21-15-11-19(12-16-21)27-25-29(33(43)37(31(25)41)23-7-3-1-4-8-23)39-28(20-13-17-22(36)18-14-20)26-30(40(27)39)34(44)38(32(26)42)24-9-5-2-6-10-24/h1-18,25-30H/t25-,26-,27-,28+,29+,30-/m0/s1. The molecule has 0 aliphatic carbocycles. The lowest BCUT2D eigenvalue weighted by molar-refractivity contribution is -0.136. The summed E-state index contributed by atoms with van der Waals surface area (Å²) in [7, 11) is 0. The van der Waals surface area contributed by atoms with Crippen LogP contribution in [0, 0.1) is 11.8 Å². The van der Waals surface area contributed by atoms with Crippen molar-refractivity contribution in [2.45, 2.75) is 24.2 Å². The lowest BCUT2D eigenvalue weighted by Crippen LogP contribution is -2.50. The summed E-state index contributed by atoms with van der Waals surface area (Å²) in [6, 6.07) is 29.9. The molecular weight excluding hydrogens is 688 g/mol. The zero-order valence-electron chi connectivity index (χ0n) is 23.0. The molecule has 44 heavy (non-hydrogen) atoms. The van der Waals surface area contributed by atoms with Gasteiger partial charge in [-0.2, -0.15) is 0 Å². The Morgan fingerprint density at radius 1 is 0.409 bits per heavy atom. The SMILES string of the molecule is O=C1[C@@H]2[C@@H](C(=O)N1c1ccccc1)N1[C@@H](c3ccc(Br)cc3)[C@@H]3C(=O)N(c4ccccc4)C(=O)[C@@H]3N1[C@@H]2c1ccc(Br)cc1. The van der Waals surface area contributed by atoms with Crippen molar-refractivity contribution in [2.75, 3.05) is 9.80 Å². The molecule has 4 aromatic carbocycles. The minimum Gasteiger partial charge on any atom is -0.274 e. The molecule has 10 heteroatoms. The summed E-state index contributed by atoms with van der Waals surface area (Å²) in [5, 5.41) is 3.77. The van der Waals surface area contributed by atoms with Crippen molar-refractivity contribution in [2.24, 2.45) is 11.8 Å². The van der Waals surface area contributed by atoms with Gasteiger partial charge < -0.3 is 0 Å². The highest BCUT2D eigenvalue weighted by Crippen LogP contribution is 2.59. The van der Waals surface area contributed by atoms with Crippen LogP contribution in [0.1, 0.15) is 23.2 Å². The highest BCUT2D eigenvalue weighted by molar-refractivity contribution is 9.10. The molecule has 0 aromatic heterocycles. The smallest absolute Gasteiger partial charge is 0.253 e. The Labute approximate surface area is 270 Å². The average Bonchev–Trinajstić information content (AvgIpc) is 3.70. The van der Waals surface area contributed by atoms with Gasteiger partial charge in [-0.1, -0.05) is 92.5 Å². The number of anilines is 2. The maximum Gasteiger partial charge on any atom is 0.253 e. The van der Waals surface area contributed by atoms with Crippen molar-refractivity contribution < 1.29 is 19.2 Å². The van der Waals surface area contributed by atoms with Crippen molar-refractivity contribution in [1.29, 1.82) is 0 Å². The number of imide groups is 2. The van der Waals surface area contributed by atoms with E-state index in [1.807, 2.05) is 70.7 Å². The average molecular weight is 712 g/mol. The first kappa shape index (κ1) is 27.6. The second-order valence-corrected chi connectivity index (χ2v) is 13.2. The van der Waals surface area contributed by atoms with E-state index in [0.717, 1.165) is 20.1 Å². The number of halogens is 2. The lowest BCUT2D eigenvalue weighted by atomic mass is 9.84. The molecule has 4 fully saturated rings. The number of para-hydroxylation sites is 2. The third kappa shape index (κ3) is 3.88. The first-order chi connectivity index (χ1) is 21.4. The first-order valence-corrected chi connectivity index (χ1v) is 15.9. The highest BCUT2D eigenvalue weighted by atomic mass is 79.9. The summed E-state index contributed by atoms with van der Waals surface area (Å²) in [4.78, 5) is 60.1. The quantitative estimate of drug-likeness (QED) is 0.255. The van der Waals surface area contributed by atoms with E-state index in [9.17, 15) is 19.2 Å². The van der Waals surface area contributed by atoms with Crippen LogP contribution >= 0.6 is 31.9 Å². The van der Waals surface area contributed by atoms with Crippen LogP contribution in [-0.4, -0.2) is 45.7 Å². The second-order valence-electron chi connectivity index (χ2n) is 11.4. The number of amides is 4. The minimum absolute atomic E-state index is 0.323. The van der Waals surface area contributed by atoms with E-state index in [4.69, 9.17) is 0 Å². The van der Waals surface area contributed by atoms with Crippen molar-refractivity contribution in [1.82, 2.24) is 10.0 Å². The molecule has 6 atom stereocenters. The van der Waals surface area contributed by atoms with Gasteiger partial charge in [0.1, 0.15) is 12.1 Å². The van der Waals surface area contributed by atoms with E-state index in [1.54, 1.807) is 48.5 Å². The van der Waals surface area contributed by atoms with E-state index in [0.29, 0.717) is 11.4 Å². The van der Waals surface area contributed by atoms with Gasteiger partial charge in [-0.3, -0.25) is 19.2 Å². The normalized spacial score (nSPS) is 28.1. The van der Waals surface area contributed by atoms with Gasteiger partial charge in [0.2, 0.25) is 11.8 Å². The summed E-state index contributed by atoms with van der Waals surface area (Å²) >= 11 is 7.02. The predicted octanol–water partition coefficient (Wildman–Crippen LogP) is 5.66. The maximum absolute atomic E-state index is 14.4. The number of hydrogen-bond acceptors (Lipinski definition) is 6. The number of carbonyl (C=O) groups is 4. The van der Waals surface area contributed by atoms with Crippen molar-refractivity contribution in [3.8, 4) is 0 Å². The monoisotopic (exact) mass is 710 g/mol. The van der Waals surface area contributed by atoms with Gasteiger partial charge in [-0.05, 0) is 59.7 Å². The van der Waals surface area contributed by atoms with Crippen LogP contribution in [0.2, 0.25) is 0 Å². The largest absolute Gasteiger partial charge is 0.274 e. The number of rotatable bonds is 4. The van der Waals surface area contributed by atoms with Crippen LogP contribution in [0.4, 0.5) is 11.4 Å². The van der Waals surface area contributed by atoms with E-state index in [2.05, 4.69) is 31.9 Å². The summed E-state index contributed by atoms with van der Waals surface area (Å²) < 4.78 is 1.73. The molecule has 0 bridgehead atoms. The first-order valence-electron chi connectivity index (χ1n) is 14.3. The van der Waals surface area contributed by atoms with Crippen LogP contribution in [0.15, 0.2) is 118 Å². The molecule has 4 aliphatic rings. The van der Waals surface area contributed by atoms with Crippen LogP contribution in [0.25, 0.3) is 0 Å². The molecule has 0 saturated carbocycles. The Kier molecular flexibility index (Phi) is 6.46. The van der Waals surface area contributed by atoms with Crippen molar-refractivity contribution in [3.05, 3.63) is 129 Å². The number of hydrazine groups is 1. The number of benzene rings is 4. The number of nitrogens with zero attached hydrogens (tertiary/aromatic N) is 4. The fourth-order valence-electron chi connectivity index (χ4n) is 7.48. The van der Waals surface area contributed by atoms with E-state index >= 15 is 0 Å². The second kappa shape index (κ2) is 10.3. The Morgan fingerprint density at radius 2 is 0.750 bits per heavy atom. The van der Waals surface area contributed by atoms with Gasteiger partial charge in [0.25, 0.3) is 11.8 Å². The molecule has 0 N–H and O–H groups in total. The van der Waals surface area contributed by atoms with E-state index in [1.165, 1.54) is 9.80 Å². The van der Waals surface area contributed by atoms with Gasteiger partial charge in [0, 0.05) is 8.95 Å². The molecule has 0 spiro atoms. The molecule has 8 rings (SSSR count). The lowest BCUT2D eigenvalue weighted by Gasteiger charge is -2.35. The zero-order valence-corrected chi connectivity index (χ0v) is 26.2. The molecule has 218 valence electrons. The van der Waals surface area contributed by atoms with Gasteiger partial charge >= 0.3 is 0 Å². The topological polar surface area (TPSA) is 81.2 Å². The molecule has 4 aromatic rings. The van der Waals surface area contributed by atoms with Crippen LogP contribution in [0.5, 0.6) is 0 Å². The summed E-state index contributed by atoms with van der Waals surface area (Å²) in [6.07, 6.45) is 0. The number of carbonyl (C=O) groups excluding carboxylic acids is 4. The zero-order chi connectivity index (χ0) is 30.3. The third-order valence-electron chi connectivity index (χ3n) is 9.18. The molecule has 4 amide bonds. The van der Waals surface area contributed by atoms with E-state index in [-0.39, 0.29) is 23.6 Å². The number of hydrogen-bond donors (Lipinski definition) is 0. The highest BCUT2D eigenvalue weighted by Gasteiger charge is 2.73. The van der Waals surface area contributed by atoms with Crippen molar-refractivity contribution in [3.63, 3.8) is 0 Å². The molecule has 0 radical (unpaired) electrons. The van der Waals surface area contributed by atoms with Crippen LogP contribution < -0.4 is 9.80 Å². The fraction of sp³-hybridized carbons (Fsp3) is 0.176. The Morgan fingerprint density at radius 3 is 1.09 bits per heavy atom. The molecule has 4 aliphatic heterocycles. The molecular formula is C34H24Br2N4O4. The Bertz CT molecular complexity index is 1690. The summed E-state index contributed by atoms with van der Waals surface area (Å²) in [6.45, 7) is 0. The van der Waals surface area contributed by atoms with Gasteiger partial charge in [-0.15, -0.1) is 0 Å². The Hall–Kier alpha value is -3.96.